The summed E-state index contributed by atoms with van der Waals surface area (Å²) >= 11 is 0. The summed E-state index contributed by atoms with van der Waals surface area (Å²) in [7, 11) is 1.51. The van der Waals surface area contributed by atoms with E-state index >= 15 is 0 Å². The van der Waals surface area contributed by atoms with Crippen molar-refractivity contribution in [1.82, 2.24) is 9.78 Å². The molecule has 19 heavy (non-hydrogen) atoms. The van der Waals surface area contributed by atoms with Gasteiger partial charge in [0.25, 0.3) is 0 Å². The van der Waals surface area contributed by atoms with E-state index in [0.29, 0.717) is 12.1 Å². The Labute approximate surface area is 105 Å². The molecule has 100 valence electrons. The molecule has 1 aromatic carbocycles. The summed E-state index contributed by atoms with van der Waals surface area (Å²) in [6.07, 6.45) is -3.41. The Morgan fingerprint density at radius 3 is 2.42 bits per heavy atom. The predicted molar refractivity (Wildman–Crippen MR) is 58.0 cm³/mol. The lowest BCUT2D eigenvalue weighted by Crippen LogP contribution is -2.12. The highest BCUT2D eigenvalue weighted by atomic mass is 19.4. The van der Waals surface area contributed by atoms with E-state index in [4.69, 9.17) is 0 Å². The van der Waals surface area contributed by atoms with Gasteiger partial charge in [-0.15, -0.1) is 0 Å². The molecule has 0 aliphatic rings. The molecule has 0 aliphatic heterocycles. The zero-order chi connectivity index (χ0) is 14.2. The predicted octanol–water partition coefficient (Wildman–Crippen LogP) is 2.81. The van der Waals surface area contributed by atoms with Gasteiger partial charge in [-0.25, -0.2) is 4.39 Å². The molecule has 2 aromatic rings. The maximum atomic E-state index is 13.4. The van der Waals surface area contributed by atoms with Crippen LogP contribution < -0.4 is 0 Å². The Morgan fingerprint density at radius 2 is 1.95 bits per heavy atom. The van der Waals surface area contributed by atoms with Gasteiger partial charge in [-0.05, 0) is 18.2 Å². The van der Waals surface area contributed by atoms with Crippen molar-refractivity contribution in [2.75, 3.05) is 0 Å². The fraction of sp³-hybridized carbons (Fsp3) is 0.167. The second kappa shape index (κ2) is 4.49. The highest BCUT2D eigenvalue weighted by Crippen LogP contribution is 2.31. The molecule has 1 heterocycles. The number of aromatic nitrogens is 2. The number of ketones is 1. The molecular formula is C12H8F4N2O. The first kappa shape index (κ1) is 13.3. The molecule has 0 radical (unpaired) electrons. The molecule has 0 amide bonds. The third-order valence-corrected chi connectivity index (χ3v) is 2.59. The first-order valence-electron chi connectivity index (χ1n) is 5.20. The van der Waals surface area contributed by atoms with Crippen molar-refractivity contribution in [2.24, 2.45) is 7.05 Å². The van der Waals surface area contributed by atoms with Gasteiger partial charge in [0, 0.05) is 18.8 Å². The number of alkyl halides is 3. The number of rotatable bonds is 2. The fourth-order valence-corrected chi connectivity index (χ4v) is 1.63. The van der Waals surface area contributed by atoms with Gasteiger partial charge in [-0.3, -0.25) is 9.48 Å². The number of hydrogen-bond acceptors (Lipinski definition) is 2. The van der Waals surface area contributed by atoms with Crippen LogP contribution in [0.15, 0.2) is 30.5 Å². The van der Waals surface area contributed by atoms with Gasteiger partial charge in [-0.2, -0.15) is 18.3 Å². The summed E-state index contributed by atoms with van der Waals surface area (Å²) in [4.78, 5) is 11.9. The van der Waals surface area contributed by atoms with Crippen molar-refractivity contribution in [3.8, 4) is 0 Å². The lowest BCUT2D eigenvalue weighted by atomic mass is 10.1. The minimum absolute atomic E-state index is 0.158. The zero-order valence-corrected chi connectivity index (χ0v) is 9.70. The maximum Gasteiger partial charge on any atom is 0.419 e. The number of nitrogens with zero attached hydrogens (tertiary/aromatic N) is 2. The topological polar surface area (TPSA) is 34.9 Å². The molecule has 0 unspecified atom stereocenters. The number of hydrogen-bond donors (Lipinski definition) is 0. The van der Waals surface area contributed by atoms with Gasteiger partial charge in [0.05, 0.1) is 5.56 Å². The molecule has 2 rings (SSSR count). The quantitative estimate of drug-likeness (QED) is 0.622. The minimum atomic E-state index is -4.78. The van der Waals surface area contributed by atoms with Crippen LogP contribution in [0.1, 0.15) is 21.6 Å². The van der Waals surface area contributed by atoms with E-state index in [1.165, 1.54) is 24.0 Å². The van der Waals surface area contributed by atoms with Crippen LogP contribution in [0.25, 0.3) is 0 Å². The Balaban J connectivity index is 2.41. The van der Waals surface area contributed by atoms with E-state index in [9.17, 15) is 22.4 Å². The summed E-state index contributed by atoms with van der Waals surface area (Å²) in [5.74, 6) is -2.06. The SMILES string of the molecule is Cn1nccc1C(=O)c1ccc(C(F)(F)F)c(F)c1. The van der Waals surface area contributed by atoms with E-state index in [1.807, 2.05) is 0 Å². The van der Waals surface area contributed by atoms with Gasteiger partial charge >= 0.3 is 6.18 Å². The molecule has 1 aromatic heterocycles. The van der Waals surface area contributed by atoms with E-state index in [-0.39, 0.29) is 11.3 Å². The van der Waals surface area contributed by atoms with Crippen LogP contribution in [0.4, 0.5) is 17.6 Å². The van der Waals surface area contributed by atoms with Crippen molar-refractivity contribution in [1.29, 1.82) is 0 Å². The average molecular weight is 272 g/mol. The van der Waals surface area contributed by atoms with Crippen molar-refractivity contribution >= 4 is 5.78 Å². The van der Waals surface area contributed by atoms with Crippen LogP contribution in [-0.2, 0) is 13.2 Å². The van der Waals surface area contributed by atoms with Crippen molar-refractivity contribution in [3.05, 3.63) is 53.1 Å². The summed E-state index contributed by atoms with van der Waals surface area (Å²) in [5, 5.41) is 3.76. The van der Waals surface area contributed by atoms with Gasteiger partial charge in [0.15, 0.2) is 0 Å². The van der Waals surface area contributed by atoms with Crippen LogP contribution >= 0.6 is 0 Å². The highest BCUT2D eigenvalue weighted by Gasteiger charge is 2.34. The van der Waals surface area contributed by atoms with Crippen LogP contribution in [0.5, 0.6) is 0 Å². The van der Waals surface area contributed by atoms with E-state index < -0.39 is 23.3 Å². The Morgan fingerprint density at radius 1 is 1.26 bits per heavy atom. The molecule has 0 saturated carbocycles. The van der Waals surface area contributed by atoms with Gasteiger partial charge in [0.2, 0.25) is 5.78 Å². The van der Waals surface area contributed by atoms with Crippen molar-refractivity contribution < 1.29 is 22.4 Å². The first-order chi connectivity index (χ1) is 8.80. The summed E-state index contributed by atoms with van der Waals surface area (Å²) in [6, 6.07) is 3.48. The van der Waals surface area contributed by atoms with Gasteiger partial charge in [-0.1, -0.05) is 6.07 Å². The number of halogens is 4. The van der Waals surface area contributed by atoms with Crippen LogP contribution in [0.3, 0.4) is 0 Å². The van der Waals surface area contributed by atoms with Crippen LogP contribution in [-0.4, -0.2) is 15.6 Å². The molecule has 0 fully saturated rings. The first-order valence-corrected chi connectivity index (χ1v) is 5.20. The highest BCUT2D eigenvalue weighted by molar-refractivity contribution is 6.07. The molecule has 0 N–H and O–H groups in total. The molecule has 0 spiro atoms. The number of carbonyl (C=O) groups is 1. The van der Waals surface area contributed by atoms with Crippen LogP contribution in [0.2, 0.25) is 0 Å². The number of aryl methyl sites for hydroxylation is 1. The molecule has 3 nitrogen and oxygen atoms in total. The second-order valence-corrected chi connectivity index (χ2v) is 3.86. The molecule has 0 saturated heterocycles. The van der Waals surface area contributed by atoms with E-state index in [1.54, 1.807) is 0 Å². The Kier molecular flexibility index (Phi) is 3.13. The smallest absolute Gasteiger partial charge is 0.287 e. The van der Waals surface area contributed by atoms with Crippen molar-refractivity contribution in [2.45, 2.75) is 6.18 Å². The van der Waals surface area contributed by atoms with Gasteiger partial charge in [0.1, 0.15) is 11.5 Å². The molecule has 0 bridgehead atoms. The van der Waals surface area contributed by atoms with E-state index in [0.717, 1.165) is 6.07 Å². The number of benzene rings is 1. The minimum Gasteiger partial charge on any atom is -0.287 e. The summed E-state index contributed by atoms with van der Waals surface area (Å²) in [6.45, 7) is 0. The third kappa shape index (κ3) is 2.49. The Hall–Kier alpha value is -2.18. The normalized spacial score (nSPS) is 11.6. The van der Waals surface area contributed by atoms with Crippen molar-refractivity contribution in [3.63, 3.8) is 0 Å². The summed E-state index contributed by atoms with van der Waals surface area (Å²) in [5.41, 5.74) is -1.39. The van der Waals surface area contributed by atoms with Gasteiger partial charge < -0.3 is 0 Å². The van der Waals surface area contributed by atoms with E-state index in [2.05, 4.69) is 5.10 Å². The molecule has 0 atom stereocenters. The Bertz CT molecular complexity index is 631. The van der Waals surface area contributed by atoms with Crippen LogP contribution in [0, 0.1) is 5.82 Å². The molecule has 0 aliphatic carbocycles. The second-order valence-electron chi connectivity index (χ2n) is 3.86. The lowest BCUT2D eigenvalue weighted by Gasteiger charge is -2.09. The third-order valence-electron chi connectivity index (χ3n) is 2.59. The largest absolute Gasteiger partial charge is 0.419 e. The molecular weight excluding hydrogens is 264 g/mol. The fourth-order valence-electron chi connectivity index (χ4n) is 1.63. The monoisotopic (exact) mass is 272 g/mol. The number of carbonyl (C=O) groups excluding carboxylic acids is 1. The zero-order valence-electron chi connectivity index (χ0n) is 9.70. The maximum absolute atomic E-state index is 13.4. The standard InChI is InChI=1S/C12H8F4N2O/c1-18-10(4-5-17-18)11(19)7-2-3-8(9(13)6-7)12(14,15)16/h2-6H,1H3. The molecule has 7 heteroatoms. The summed E-state index contributed by atoms with van der Waals surface area (Å²) < 4.78 is 51.8. The average Bonchev–Trinajstić information content (AvgIpc) is 2.72. The lowest BCUT2D eigenvalue weighted by molar-refractivity contribution is -0.140.